The van der Waals surface area contributed by atoms with Gasteiger partial charge in [-0.15, -0.1) is 22.7 Å². The van der Waals surface area contributed by atoms with E-state index in [9.17, 15) is 9.59 Å². The molecule has 2 unspecified atom stereocenters. The van der Waals surface area contributed by atoms with E-state index in [1.165, 1.54) is 53.5 Å². The van der Waals surface area contributed by atoms with Crippen molar-refractivity contribution >= 4 is 88.6 Å². The van der Waals surface area contributed by atoms with Gasteiger partial charge in [0, 0.05) is 44.5 Å². The number of fused-ring (bicyclic) bond motifs is 4. The maximum Gasteiger partial charge on any atom is 0.246 e. The van der Waals surface area contributed by atoms with E-state index in [0.29, 0.717) is 81.5 Å². The van der Waals surface area contributed by atoms with E-state index in [1.54, 1.807) is 23.1 Å². The molecule has 3 aliphatic rings. The van der Waals surface area contributed by atoms with Crippen LogP contribution in [0.1, 0.15) is 69.5 Å². The van der Waals surface area contributed by atoms with Crippen molar-refractivity contribution in [1.29, 1.82) is 0 Å². The Labute approximate surface area is 383 Å². The van der Waals surface area contributed by atoms with E-state index in [0.717, 1.165) is 27.6 Å². The minimum atomic E-state index is -0.461. The summed E-state index contributed by atoms with van der Waals surface area (Å²) in [6.45, 7) is 7.58. The lowest BCUT2D eigenvalue weighted by molar-refractivity contribution is -0.125. The largest absolute Gasteiger partial charge is 0.383 e. The van der Waals surface area contributed by atoms with Gasteiger partial charge in [-0.25, -0.2) is 38.7 Å². The number of nitrogen functional groups attached to an aromatic ring is 2. The fourth-order valence-electron chi connectivity index (χ4n) is 9.10. The highest BCUT2D eigenvalue weighted by molar-refractivity contribution is 7.18. The van der Waals surface area contributed by atoms with Gasteiger partial charge in [0.15, 0.2) is 0 Å². The highest BCUT2D eigenvalue weighted by Crippen LogP contribution is 2.50. The Hall–Kier alpha value is -7.54. The third kappa shape index (κ3) is 7.37. The van der Waals surface area contributed by atoms with Crippen LogP contribution in [-0.4, -0.2) is 86.8 Å². The van der Waals surface area contributed by atoms with Crippen molar-refractivity contribution in [2.24, 2.45) is 5.92 Å². The normalized spacial score (nSPS) is 19.3. The van der Waals surface area contributed by atoms with Crippen LogP contribution in [0.5, 0.6) is 0 Å². The summed E-state index contributed by atoms with van der Waals surface area (Å²) in [4.78, 5) is 56.1. The van der Waals surface area contributed by atoms with Crippen LogP contribution in [0.25, 0.3) is 42.5 Å². The molecule has 2 aromatic carbocycles. The van der Waals surface area contributed by atoms with Gasteiger partial charge in [0.2, 0.25) is 11.8 Å². The first-order chi connectivity index (χ1) is 32.0. The quantitative estimate of drug-likeness (QED) is 0.130. The number of aromatic nitrogens is 8. The number of carbonyl (C=O) groups excluding carboxylic acids is 2. The summed E-state index contributed by atoms with van der Waals surface area (Å²) in [5.41, 5.74) is 16.7. The van der Waals surface area contributed by atoms with Crippen LogP contribution in [-0.2, 0) is 9.59 Å². The van der Waals surface area contributed by atoms with Gasteiger partial charge in [0.25, 0.3) is 0 Å². The number of nitrogens with two attached hydrogens (primary N) is 2. The van der Waals surface area contributed by atoms with Gasteiger partial charge < -0.3 is 30.4 Å². The molecule has 4 atom stereocenters. The van der Waals surface area contributed by atoms with Crippen LogP contribution in [0.2, 0.25) is 0 Å². The topological polar surface area (TPSA) is 180 Å². The van der Waals surface area contributed by atoms with Crippen LogP contribution >= 0.6 is 22.7 Å². The van der Waals surface area contributed by atoms with Crippen LogP contribution in [0.15, 0.2) is 74.1 Å². The molecule has 8 heterocycles. The number of thiazole rings is 2. The molecule has 8 aromatic rings. The number of anilines is 2. The zero-order chi connectivity index (χ0) is 45.4. The second-order valence-electron chi connectivity index (χ2n) is 16.7. The first-order valence-corrected chi connectivity index (χ1v) is 22.9. The number of nitrogens with zero attached hydrogens (tertiary/aromatic N) is 10. The molecular formula is C48H38F2N12O2S2. The lowest BCUT2D eigenvalue weighted by Gasteiger charge is -2.16. The van der Waals surface area contributed by atoms with E-state index < -0.39 is 11.6 Å². The monoisotopic (exact) mass is 916 g/mol. The van der Waals surface area contributed by atoms with Gasteiger partial charge in [-0.1, -0.05) is 36.3 Å². The number of carbonyl (C=O) groups is 2. The molecule has 6 aromatic heterocycles. The molecule has 2 saturated heterocycles. The van der Waals surface area contributed by atoms with Crippen LogP contribution in [0.3, 0.4) is 0 Å². The van der Waals surface area contributed by atoms with Gasteiger partial charge in [0.1, 0.15) is 47.2 Å². The molecule has 0 radical (unpaired) electrons. The molecule has 2 amide bonds. The molecule has 1 aliphatic carbocycles. The number of allylic oxidation sites excluding steroid dienone is 1. The Morgan fingerprint density at radius 3 is 1.85 bits per heavy atom. The number of likely N-dealkylation sites (tertiary alicyclic amines) is 2. The Morgan fingerprint density at radius 2 is 1.27 bits per heavy atom. The van der Waals surface area contributed by atoms with Crippen molar-refractivity contribution in [2.75, 3.05) is 37.6 Å². The summed E-state index contributed by atoms with van der Waals surface area (Å²) >= 11 is 2.88. The lowest BCUT2D eigenvalue weighted by atomic mass is 10.1. The fraction of sp³-hybridized carbons (Fsp3) is 0.250. The zero-order valence-corrected chi connectivity index (χ0v) is 37.0. The standard InChI is InChI=1S/C48H38F2N12O2S2/c1-3-40(63)59-12-10-31(21-59)61-19-30(42-44(51)53-23-55-46(42)61)7-5-28-16-37-39(18-35(28)50)66-48(58-37)33-14-26(33)8-9-41(64)60-13-11-32(22-60)62-20-29(43-45(52)54-24-56-47(43)62)6-4-27-15-36-38(17-34(27)49)65-25(2)57-36/h3,8-9,15-20,23-24,26,31-33H,1,10-14,21-22H2,2H3,(H2,51,53,55)(H2,52,54,56)/b9-8-/t26?,31-,32-,33?/m0/s1. The number of benzene rings is 2. The van der Waals surface area contributed by atoms with Crippen molar-refractivity contribution < 1.29 is 18.4 Å². The van der Waals surface area contributed by atoms with E-state index in [1.807, 2.05) is 39.4 Å². The van der Waals surface area contributed by atoms with Crippen molar-refractivity contribution in [1.82, 2.24) is 48.8 Å². The molecule has 2 aliphatic heterocycles. The van der Waals surface area contributed by atoms with Crippen LogP contribution in [0.4, 0.5) is 20.4 Å². The first kappa shape index (κ1) is 41.2. The predicted octanol–water partition coefficient (Wildman–Crippen LogP) is 7.04. The second kappa shape index (κ2) is 16.2. The summed E-state index contributed by atoms with van der Waals surface area (Å²) in [5.74, 6) is 11.9. The van der Waals surface area contributed by atoms with E-state index in [2.05, 4.69) is 55.2 Å². The van der Waals surface area contributed by atoms with Crippen molar-refractivity contribution in [3.63, 3.8) is 0 Å². The molecule has 0 spiro atoms. The van der Waals surface area contributed by atoms with Gasteiger partial charge in [-0.2, -0.15) is 0 Å². The Balaban J connectivity index is 0.766. The molecule has 0 bridgehead atoms. The number of hydrogen-bond acceptors (Lipinski definition) is 12. The molecule has 11 rings (SSSR count). The molecule has 3 fully saturated rings. The molecule has 18 heteroatoms. The van der Waals surface area contributed by atoms with Crippen molar-refractivity contribution in [3.8, 4) is 23.7 Å². The summed E-state index contributed by atoms with van der Waals surface area (Å²) in [7, 11) is 0. The first-order valence-electron chi connectivity index (χ1n) is 21.3. The minimum absolute atomic E-state index is 0.0413. The minimum Gasteiger partial charge on any atom is -0.383 e. The average molecular weight is 917 g/mol. The van der Waals surface area contributed by atoms with Crippen molar-refractivity contribution in [3.05, 3.63) is 118 Å². The molecule has 4 N–H and O–H groups in total. The second-order valence-corrected chi connectivity index (χ2v) is 19.0. The molecule has 14 nitrogen and oxygen atoms in total. The SMILES string of the molecule is C=CC(=O)N1CC[C@H](n2cc(C#Cc3cc4nc(C5CC5/C=C\C(=O)N5CC[C@H](n6cc(C#Cc7cc8nc(C)sc8cc7F)c7c(N)ncnc76)C5)sc4cc3F)c3c(N)ncnc32)C1. The Morgan fingerprint density at radius 1 is 0.742 bits per heavy atom. The average Bonchev–Trinajstić information content (AvgIpc) is 4.00. The molecular weight excluding hydrogens is 879 g/mol. The third-order valence-electron chi connectivity index (χ3n) is 12.6. The summed E-state index contributed by atoms with van der Waals surface area (Å²) in [5, 5.41) is 2.89. The molecule has 1 saturated carbocycles. The van der Waals surface area contributed by atoms with Crippen molar-refractivity contribution in [2.45, 2.75) is 44.2 Å². The maximum atomic E-state index is 15.6. The number of rotatable bonds is 6. The van der Waals surface area contributed by atoms with E-state index in [-0.39, 0.29) is 58.5 Å². The highest BCUT2D eigenvalue weighted by atomic mass is 32.1. The zero-order valence-electron chi connectivity index (χ0n) is 35.3. The highest BCUT2D eigenvalue weighted by Gasteiger charge is 2.39. The predicted molar refractivity (Wildman–Crippen MR) is 250 cm³/mol. The van der Waals surface area contributed by atoms with E-state index in [4.69, 9.17) is 16.5 Å². The van der Waals surface area contributed by atoms with E-state index >= 15 is 8.78 Å². The van der Waals surface area contributed by atoms with Gasteiger partial charge in [0.05, 0.1) is 75.6 Å². The smallest absolute Gasteiger partial charge is 0.246 e. The van der Waals surface area contributed by atoms with Crippen LogP contribution in [0, 0.1) is 48.2 Å². The Kier molecular flexibility index (Phi) is 10.1. The number of aryl methyl sites for hydroxylation is 1. The number of hydrogen-bond donors (Lipinski definition) is 2. The number of amides is 2. The lowest BCUT2D eigenvalue weighted by Crippen LogP contribution is -2.27. The molecule has 328 valence electrons. The summed E-state index contributed by atoms with van der Waals surface area (Å²) < 4.78 is 36.0. The van der Waals surface area contributed by atoms with Gasteiger partial charge in [-0.3, -0.25) is 9.59 Å². The maximum absolute atomic E-state index is 15.6. The fourth-order valence-corrected chi connectivity index (χ4v) is 11.1. The Bertz CT molecular complexity index is 3530. The molecule has 66 heavy (non-hydrogen) atoms. The summed E-state index contributed by atoms with van der Waals surface area (Å²) in [6, 6.07) is 6.13. The van der Waals surface area contributed by atoms with Gasteiger partial charge in [-0.05, 0) is 68.5 Å². The third-order valence-corrected chi connectivity index (χ3v) is 14.7. The summed E-state index contributed by atoms with van der Waals surface area (Å²) in [6.07, 6.45) is 13.7. The van der Waals surface area contributed by atoms with Gasteiger partial charge >= 0.3 is 0 Å². The van der Waals surface area contributed by atoms with Crippen LogP contribution < -0.4 is 11.5 Å². The number of halogens is 2.